The van der Waals surface area contributed by atoms with E-state index in [1.54, 1.807) is 41.5 Å². The van der Waals surface area contributed by atoms with Gasteiger partial charge in [0.2, 0.25) is 5.91 Å². The number of unbranched alkanes of at least 4 members (excludes halogenated alkanes) is 1. The number of alkyl carbamates (subject to hydrolysis) is 2. The fraction of sp³-hybridized carbons (Fsp3) is 0.792. The van der Waals surface area contributed by atoms with E-state index in [0.29, 0.717) is 12.8 Å². The van der Waals surface area contributed by atoms with E-state index in [9.17, 15) is 37.5 Å². The van der Waals surface area contributed by atoms with Gasteiger partial charge in [-0.2, -0.15) is 0 Å². The molecule has 2 fully saturated rings. The lowest BCUT2D eigenvalue weighted by atomic mass is 9.93. The maximum atomic E-state index is 13.3. The molecule has 3 amide bonds. The second kappa shape index (κ2) is 11.6. The Balaban J connectivity index is 2.15. The van der Waals surface area contributed by atoms with E-state index in [-0.39, 0.29) is 13.0 Å². The molecule has 5 atom stereocenters. The average molecular weight is 578 g/mol. The van der Waals surface area contributed by atoms with Crippen LogP contribution in [-0.4, -0.2) is 91.0 Å². The van der Waals surface area contributed by atoms with Crippen LogP contribution in [-0.2, 0) is 38.4 Å². The van der Waals surface area contributed by atoms with Crippen molar-refractivity contribution in [2.45, 2.75) is 88.8 Å². The summed E-state index contributed by atoms with van der Waals surface area (Å²) < 4.78 is 40.3. The second-order valence-electron chi connectivity index (χ2n) is 11.7. The van der Waals surface area contributed by atoms with Crippen LogP contribution in [0.1, 0.15) is 60.8 Å². The first-order valence-electron chi connectivity index (χ1n) is 12.6. The Morgan fingerprint density at radius 1 is 0.974 bits per heavy atom. The Morgan fingerprint density at radius 3 is 2.05 bits per heavy atom. The average Bonchev–Trinajstić information content (AvgIpc) is 3.46. The number of nitrogens with one attached hydrogen (secondary N) is 3. The van der Waals surface area contributed by atoms with E-state index in [1.807, 2.05) is 0 Å². The summed E-state index contributed by atoms with van der Waals surface area (Å²) in [7, 11) is -2.97. The molecule has 0 radical (unpaired) electrons. The Labute approximate surface area is 227 Å². The highest BCUT2D eigenvalue weighted by atomic mass is 32.2. The number of hydrogen-bond donors (Lipinski definition) is 4. The molecule has 1 heterocycles. The maximum Gasteiger partial charge on any atom is 0.408 e. The standard InChI is InChI=1S/C24H39N3O11S/c1-22(2,3)37-20(32)25-11-9-8-10-13(26-21(33)38-23(4,5)6)17(28)27-24(19(30)31)12-39(34,35)16-14(15(16)24)18(29)36-7/h13-16H,8-12H2,1-7H3,(H,25,32)(H,26,33)(H,27,28)(H,30,31)/t13-,14+,15+,16-,24-/m0/s1. The van der Waals surface area contributed by atoms with Gasteiger partial charge in [0.15, 0.2) is 15.4 Å². The van der Waals surface area contributed by atoms with Crippen LogP contribution in [0, 0.1) is 11.8 Å². The third-order valence-electron chi connectivity index (χ3n) is 6.16. The van der Waals surface area contributed by atoms with Gasteiger partial charge < -0.3 is 35.3 Å². The minimum atomic E-state index is -4.03. The lowest BCUT2D eigenvalue weighted by Gasteiger charge is -2.30. The number of amides is 3. The summed E-state index contributed by atoms with van der Waals surface area (Å²) in [6, 6.07) is -1.30. The Morgan fingerprint density at radius 2 is 1.54 bits per heavy atom. The number of esters is 1. The molecule has 2 aliphatic rings. The summed E-state index contributed by atoms with van der Waals surface area (Å²) in [4.78, 5) is 62.0. The molecule has 4 N–H and O–H groups in total. The molecule has 0 bridgehead atoms. The minimum absolute atomic E-state index is 0.0120. The molecule has 1 aliphatic heterocycles. The van der Waals surface area contributed by atoms with Gasteiger partial charge >= 0.3 is 24.1 Å². The summed E-state index contributed by atoms with van der Waals surface area (Å²) in [5.74, 6) is -6.78. The lowest BCUT2D eigenvalue weighted by molar-refractivity contribution is -0.149. The van der Waals surface area contributed by atoms with Crippen molar-refractivity contribution in [3.8, 4) is 0 Å². The van der Waals surface area contributed by atoms with Crippen molar-refractivity contribution in [2.75, 3.05) is 19.4 Å². The van der Waals surface area contributed by atoms with Crippen LogP contribution in [0.5, 0.6) is 0 Å². The van der Waals surface area contributed by atoms with Crippen LogP contribution in [0.25, 0.3) is 0 Å². The predicted octanol–water partition coefficient (Wildman–Crippen LogP) is 0.730. The largest absolute Gasteiger partial charge is 0.479 e. The van der Waals surface area contributed by atoms with Crippen molar-refractivity contribution >= 4 is 39.9 Å². The summed E-state index contributed by atoms with van der Waals surface area (Å²) in [6.07, 6.45) is -0.855. The molecule has 0 aromatic heterocycles. The second-order valence-corrected chi connectivity index (χ2v) is 13.9. The van der Waals surface area contributed by atoms with Crippen molar-refractivity contribution in [3.63, 3.8) is 0 Å². The van der Waals surface area contributed by atoms with E-state index >= 15 is 0 Å². The van der Waals surface area contributed by atoms with Crippen LogP contribution in [0.3, 0.4) is 0 Å². The van der Waals surface area contributed by atoms with E-state index < -0.39 is 85.5 Å². The van der Waals surface area contributed by atoms with Gasteiger partial charge in [-0.25, -0.2) is 22.8 Å². The number of carboxylic acid groups (broad SMARTS) is 1. The Kier molecular flexibility index (Phi) is 9.52. The zero-order valence-corrected chi connectivity index (χ0v) is 24.1. The normalized spacial score (nSPS) is 25.9. The van der Waals surface area contributed by atoms with Crippen molar-refractivity contribution in [2.24, 2.45) is 11.8 Å². The molecule has 14 nitrogen and oxygen atoms in total. The first-order chi connectivity index (χ1) is 17.7. The van der Waals surface area contributed by atoms with Gasteiger partial charge in [-0.1, -0.05) is 0 Å². The summed E-state index contributed by atoms with van der Waals surface area (Å²) >= 11 is 0. The molecule has 0 aromatic rings. The van der Waals surface area contributed by atoms with E-state index in [1.165, 1.54) is 0 Å². The van der Waals surface area contributed by atoms with E-state index in [4.69, 9.17) is 9.47 Å². The molecule has 39 heavy (non-hydrogen) atoms. The smallest absolute Gasteiger partial charge is 0.408 e. The number of carbonyl (C=O) groups excluding carboxylic acids is 4. The fourth-order valence-corrected chi connectivity index (χ4v) is 7.32. The molecule has 2 rings (SSSR count). The van der Waals surface area contributed by atoms with Crippen LogP contribution >= 0.6 is 0 Å². The molecular formula is C24H39N3O11S. The van der Waals surface area contributed by atoms with Gasteiger partial charge in [0.1, 0.15) is 17.2 Å². The number of hydrogen-bond acceptors (Lipinski definition) is 10. The van der Waals surface area contributed by atoms with Crippen molar-refractivity contribution in [3.05, 3.63) is 0 Å². The van der Waals surface area contributed by atoms with Crippen molar-refractivity contribution < 1.29 is 51.7 Å². The van der Waals surface area contributed by atoms with Crippen LogP contribution in [0.15, 0.2) is 0 Å². The summed E-state index contributed by atoms with van der Waals surface area (Å²) in [5.41, 5.74) is -3.84. The van der Waals surface area contributed by atoms with E-state index in [2.05, 4.69) is 20.7 Å². The predicted molar refractivity (Wildman–Crippen MR) is 136 cm³/mol. The van der Waals surface area contributed by atoms with Gasteiger partial charge in [-0.05, 0) is 60.8 Å². The highest BCUT2D eigenvalue weighted by Crippen LogP contribution is 2.58. The van der Waals surface area contributed by atoms with Crippen molar-refractivity contribution in [1.29, 1.82) is 0 Å². The monoisotopic (exact) mass is 577 g/mol. The zero-order chi connectivity index (χ0) is 30.0. The first kappa shape index (κ1) is 32.1. The molecule has 1 saturated heterocycles. The number of carbonyl (C=O) groups is 5. The number of rotatable bonds is 10. The zero-order valence-electron chi connectivity index (χ0n) is 23.3. The third-order valence-corrected chi connectivity index (χ3v) is 8.44. The lowest BCUT2D eigenvalue weighted by Crippen LogP contribution is -2.62. The number of fused-ring (bicyclic) bond motifs is 1. The molecular weight excluding hydrogens is 538 g/mol. The van der Waals surface area contributed by atoms with E-state index in [0.717, 1.165) is 7.11 Å². The first-order valence-corrected chi connectivity index (χ1v) is 14.3. The molecule has 0 unspecified atom stereocenters. The molecule has 15 heteroatoms. The van der Waals surface area contributed by atoms with Crippen LogP contribution in [0.2, 0.25) is 0 Å². The molecule has 222 valence electrons. The Hall–Kier alpha value is -3.10. The number of carboxylic acids is 1. The summed E-state index contributed by atoms with van der Waals surface area (Å²) in [5, 5.41) is 16.0. The van der Waals surface area contributed by atoms with Gasteiger partial charge in [0.25, 0.3) is 0 Å². The topological polar surface area (TPSA) is 203 Å². The SMILES string of the molecule is COC(=O)[C@@H]1[C@@H]2[C@H]1S(=O)(=O)C[C@@]2(NC(=O)[C@H](CCCCNC(=O)OC(C)(C)C)NC(=O)OC(C)(C)C)C(=O)O. The quantitative estimate of drug-likeness (QED) is 0.162. The van der Waals surface area contributed by atoms with Gasteiger partial charge in [0, 0.05) is 12.5 Å². The van der Waals surface area contributed by atoms with Gasteiger partial charge in [-0.15, -0.1) is 0 Å². The summed E-state index contributed by atoms with van der Waals surface area (Å²) in [6.45, 7) is 10.2. The highest BCUT2D eigenvalue weighted by Gasteiger charge is 2.79. The number of ether oxygens (including phenoxy) is 3. The number of aliphatic carboxylic acids is 1. The molecule has 1 saturated carbocycles. The van der Waals surface area contributed by atoms with Crippen LogP contribution < -0.4 is 16.0 Å². The minimum Gasteiger partial charge on any atom is -0.479 e. The molecule has 0 aromatic carbocycles. The molecule has 1 aliphatic carbocycles. The fourth-order valence-electron chi connectivity index (χ4n) is 4.62. The maximum absolute atomic E-state index is 13.3. The van der Waals surface area contributed by atoms with Gasteiger partial charge in [0.05, 0.1) is 24.0 Å². The van der Waals surface area contributed by atoms with Gasteiger partial charge in [-0.3, -0.25) is 9.59 Å². The van der Waals surface area contributed by atoms with Crippen LogP contribution in [0.4, 0.5) is 9.59 Å². The Bertz CT molecular complexity index is 1090. The number of methoxy groups -OCH3 is 1. The number of sulfone groups is 1. The highest BCUT2D eigenvalue weighted by molar-refractivity contribution is 7.92. The third kappa shape index (κ3) is 8.19. The molecule has 0 spiro atoms. The van der Waals surface area contributed by atoms with Crippen molar-refractivity contribution in [1.82, 2.24) is 16.0 Å².